The molecule has 0 aliphatic carbocycles. The third kappa shape index (κ3) is 13.8. The van der Waals surface area contributed by atoms with Crippen LogP contribution in [0.1, 0.15) is 91.0 Å². The molecular formula is C63H65Cl2FN10O7. The number of hydrogen-bond acceptors (Lipinski definition) is 11. The van der Waals surface area contributed by atoms with Crippen LogP contribution in [0, 0.1) is 11.8 Å². The quantitative estimate of drug-likeness (QED) is 0.132. The highest BCUT2D eigenvalue weighted by Gasteiger charge is 2.39. The van der Waals surface area contributed by atoms with Crippen molar-refractivity contribution in [1.29, 1.82) is 0 Å². The van der Waals surface area contributed by atoms with Crippen molar-refractivity contribution in [2.75, 3.05) is 46.4 Å². The maximum Gasteiger partial charge on any atom is 0.339 e. The summed E-state index contributed by atoms with van der Waals surface area (Å²) >= 11 is 12.3. The molecule has 10 heterocycles. The molecule has 0 unspecified atom stereocenters. The predicted molar refractivity (Wildman–Crippen MR) is 315 cm³/mol. The van der Waals surface area contributed by atoms with Crippen LogP contribution in [0.4, 0.5) is 4.39 Å². The average molecular weight is 1170 g/mol. The minimum Gasteiger partial charge on any atom is -0.478 e. The van der Waals surface area contributed by atoms with E-state index >= 15 is 0 Å². The van der Waals surface area contributed by atoms with E-state index in [1.807, 2.05) is 77.3 Å². The number of carboxylic acid groups (broad SMARTS) is 1. The van der Waals surface area contributed by atoms with E-state index in [-0.39, 0.29) is 53.6 Å². The number of carbonyl (C=O) groups excluding carboxylic acids is 5. The predicted octanol–water partition coefficient (Wildman–Crippen LogP) is 9.12. The van der Waals surface area contributed by atoms with E-state index in [9.17, 15) is 33.2 Å². The maximum absolute atomic E-state index is 13.9. The number of halogens is 3. The number of nitrogens with one attached hydrogen (secondary N) is 1. The number of carbonyl (C=O) groups is 6. The number of fused-ring (bicyclic) bond motifs is 4. The van der Waals surface area contributed by atoms with Gasteiger partial charge < -0.3 is 34.3 Å². The largest absolute Gasteiger partial charge is 0.478 e. The molecule has 0 radical (unpaired) electrons. The van der Waals surface area contributed by atoms with Crippen LogP contribution in [-0.2, 0) is 49.4 Å². The van der Waals surface area contributed by atoms with E-state index in [1.165, 1.54) is 0 Å². The number of hydrogen-bond donors (Lipinski definition) is 2. The maximum atomic E-state index is 13.9. The first-order chi connectivity index (χ1) is 40.6. The Morgan fingerprint density at radius 3 is 1.53 bits per heavy atom. The van der Waals surface area contributed by atoms with Gasteiger partial charge in [0, 0.05) is 136 Å². The molecule has 0 saturated carbocycles. The zero-order valence-electron chi connectivity index (χ0n) is 47.2. The van der Waals surface area contributed by atoms with Gasteiger partial charge in [0.15, 0.2) is 11.6 Å². The molecule has 2 aromatic carbocycles. The molecule has 4 aliphatic heterocycles. The second kappa shape index (κ2) is 27.3. The van der Waals surface area contributed by atoms with Crippen LogP contribution in [-0.4, -0.2) is 143 Å². The zero-order valence-corrected chi connectivity index (χ0v) is 47.7. The van der Waals surface area contributed by atoms with E-state index in [0.29, 0.717) is 88.3 Å². The van der Waals surface area contributed by atoms with Crippen molar-refractivity contribution in [3.8, 4) is 0 Å². The summed E-state index contributed by atoms with van der Waals surface area (Å²) in [4.78, 5) is 101. The smallest absolute Gasteiger partial charge is 0.339 e. The van der Waals surface area contributed by atoms with Gasteiger partial charge in [0.05, 0.1) is 37.2 Å². The molecule has 2 atom stereocenters. The molecule has 2 N–H and O–H groups in total. The Labute approximate surface area is 491 Å². The number of ketones is 2. The number of piperidine rings is 2. The lowest BCUT2D eigenvalue weighted by Gasteiger charge is -2.37. The minimum atomic E-state index is -1.00. The number of carboxylic acids is 1. The Hall–Kier alpha value is -8.19. The monoisotopic (exact) mass is 1160 g/mol. The summed E-state index contributed by atoms with van der Waals surface area (Å²) in [6, 6.07) is 28.0. The van der Waals surface area contributed by atoms with Gasteiger partial charge in [0.25, 0.3) is 17.7 Å². The normalized spacial score (nSPS) is 17.7. The molecule has 3 amide bonds. The molecule has 20 heteroatoms. The van der Waals surface area contributed by atoms with E-state index in [4.69, 9.17) is 29.7 Å². The number of alkyl halides is 1. The first kappa shape index (κ1) is 58.0. The number of aryl methyl sites for hydroxylation is 2. The Morgan fingerprint density at radius 2 is 1.07 bits per heavy atom. The first-order valence-corrected chi connectivity index (χ1v) is 28.3. The van der Waals surface area contributed by atoms with Gasteiger partial charge in [-0.15, -0.1) is 0 Å². The van der Waals surface area contributed by atoms with Gasteiger partial charge in [-0.1, -0.05) is 35.3 Å². The minimum absolute atomic E-state index is 0.0175. The lowest BCUT2D eigenvalue weighted by molar-refractivity contribution is -0.123. The van der Waals surface area contributed by atoms with Crippen LogP contribution in [0.15, 0.2) is 134 Å². The molecule has 2 saturated heterocycles. The van der Waals surface area contributed by atoms with Gasteiger partial charge in [-0.05, 0) is 147 Å². The number of nitrogens with zero attached hydrogens (tertiary/aromatic N) is 9. The summed E-state index contributed by atoms with van der Waals surface area (Å²) < 4.78 is 19.2. The van der Waals surface area contributed by atoms with Crippen molar-refractivity contribution in [1.82, 2.24) is 49.1 Å². The first-order valence-electron chi connectivity index (χ1n) is 28.3. The van der Waals surface area contributed by atoms with Crippen molar-refractivity contribution >= 4 is 80.5 Å². The Balaban J connectivity index is 0.000000165. The molecule has 430 valence electrons. The lowest BCUT2D eigenvalue weighted by Crippen LogP contribution is -2.49. The van der Waals surface area contributed by atoms with Gasteiger partial charge in [0.1, 0.15) is 16.6 Å². The van der Waals surface area contributed by atoms with Crippen molar-refractivity contribution in [3.05, 3.63) is 189 Å². The van der Waals surface area contributed by atoms with Crippen LogP contribution < -0.4 is 5.32 Å². The van der Waals surface area contributed by atoms with Gasteiger partial charge in [-0.2, -0.15) is 0 Å². The summed E-state index contributed by atoms with van der Waals surface area (Å²) in [6.45, 7) is 4.13. The zero-order chi connectivity index (χ0) is 59.4. The number of aromatic carboxylic acids is 1. The fourth-order valence-corrected chi connectivity index (χ4v) is 11.9. The lowest BCUT2D eigenvalue weighted by atomic mass is 9.93. The van der Waals surface area contributed by atoms with Crippen LogP contribution in [0.5, 0.6) is 0 Å². The number of likely N-dealkylation sites (tertiary alicyclic amines) is 1. The summed E-state index contributed by atoms with van der Waals surface area (Å²) in [5.41, 5.74) is 7.97. The van der Waals surface area contributed by atoms with Crippen molar-refractivity contribution in [2.24, 2.45) is 25.9 Å². The number of pyridine rings is 4. The van der Waals surface area contributed by atoms with Crippen LogP contribution in [0.3, 0.4) is 0 Å². The summed E-state index contributed by atoms with van der Waals surface area (Å²) in [6.07, 6.45) is 14.8. The fourth-order valence-electron chi connectivity index (χ4n) is 11.5. The third-order valence-electron chi connectivity index (χ3n) is 15.8. The molecule has 4 aliphatic rings. The second-order valence-electron chi connectivity index (χ2n) is 21.2. The van der Waals surface area contributed by atoms with Gasteiger partial charge >= 0.3 is 5.97 Å². The van der Waals surface area contributed by atoms with Crippen LogP contribution in [0.2, 0.25) is 10.0 Å². The highest BCUT2D eigenvalue weighted by Crippen LogP contribution is 2.31. The average Bonchev–Trinajstić information content (AvgIpc) is 4.22. The molecule has 83 heavy (non-hydrogen) atoms. The molecule has 8 aromatic rings. The van der Waals surface area contributed by atoms with Crippen LogP contribution in [0.25, 0.3) is 22.1 Å². The summed E-state index contributed by atoms with van der Waals surface area (Å²) in [5, 5.41) is 13.3. The van der Waals surface area contributed by atoms with Gasteiger partial charge in [0.2, 0.25) is 0 Å². The molecule has 6 aromatic heterocycles. The van der Waals surface area contributed by atoms with Gasteiger partial charge in [-0.3, -0.25) is 48.3 Å². The highest BCUT2D eigenvalue weighted by atomic mass is 35.5. The van der Waals surface area contributed by atoms with Crippen molar-refractivity contribution in [2.45, 2.75) is 63.5 Å². The Kier molecular flexibility index (Phi) is 19.1. The Bertz CT molecular complexity index is 3670. The molecular weight excluding hydrogens is 1100 g/mol. The third-order valence-corrected chi connectivity index (χ3v) is 16.3. The summed E-state index contributed by atoms with van der Waals surface area (Å²) in [5.74, 6) is -0.600. The highest BCUT2D eigenvalue weighted by molar-refractivity contribution is 6.31. The number of benzene rings is 2. The SMILES string of the molecule is Cn1cc(C(=O)N2CCC(CN3C(=O)c4ccc(Cl)cc4CC(=O)[C@H]3Cc3ccccn3)CC2)c2ncccc21.Cn1cc(C(=O)O)c2ncccc21.O=C1Cc2cc(Cl)ccc2C(=O)N(CC2CCNCC2)[C@@H]1Cc1ccccn1.[2H]CF. The summed E-state index contributed by atoms with van der Waals surface area (Å²) in [7, 11) is 2.72. The second-order valence-corrected chi connectivity index (χ2v) is 22.0. The fraction of sp³-hybridized carbons (Fsp3) is 0.333. The van der Waals surface area contributed by atoms with Crippen LogP contribution >= 0.6 is 23.2 Å². The van der Waals surface area contributed by atoms with E-state index < -0.39 is 25.2 Å². The number of aromatic nitrogens is 6. The number of rotatable bonds is 10. The van der Waals surface area contributed by atoms with E-state index in [0.717, 1.165) is 66.8 Å². The number of amides is 3. The Morgan fingerprint density at radius 1 is 0.627 bits per heavy atom. The molecule has 0 bridgehead atoms. The molecule has 2 fully saturated rings. The number of Topliss-reactive ketones (excluding diaryl/α,β-unsaturated/α-hetero) is 2. The van der Waals surface area contributed by atoms with E-state index in [1.54, 1.807) is 94.9 Å². The topological polar surface area (TPSA) is 206 Å². The van der Waals surface area contributed by atoms with Crippen molar-refractivity contribution in [3.63, 3.8) is 0 Å². The molecule has 17 nitrogen and oxygen atoms in total. The standard InChI is InChI=1S/C31H30ClN5O3.C22H24ClN3O2.C9H8N2O2.CH3F/c1-35-19-25(29-26(35)6-4-12-34-29)30(39)36-13-9-20(10-14-36)18-37-27(17-23-5-2-3-11-33-23)28(38)16-21-15-22(32)7-8-24(21)31(37)40;23-17-4-5-19-16(11-17)12-21(27)20(13-18-3-1-2-8-25-18)26(22(19)28)14-15-6-9-24-10-7-15;1-11-5-6(9(12)13)8-7(11)3-2-4-10-8;1-2/h2-8,11-12,15,19-20,27H,9-10,13-14,16-18H2,1H3;1-5,8,11,15,20,24H,6-7,9-10,12-14H2;2-5H,1H3,(H,12,13);1H3/t27-;20-;;/m11../s1/i;;;1D. The van der Waals surface area contributed by atoms with Crippen molar-refractivity contribution < 1.29 is 39.6 Å². The molecule has 12 rings (SSSR count). The molecule has 0 spiro atoms. The van der Waals surface area contributed by atoms with Gasteiger partial charge in [-0.25, -0.2) is 4.79 Å². The van der Waals surface area contributed by atoms with E-state index in [2.05, 4.69) is 25.3 Å².